The zero-order chi connectivity index (χ0) is 16.8. The van der Waals surface area contributed by atoms with Gasteiger partial charge in [-0.15, -0.1) is 0 Å². The van der Waals surface area contributed by atoms with Gasteiger partial charge < -0.3 is 10.1 Å². The first-order valence-corrected chi connectivity index (χ1v) is 8.57. The van der Waals surface area contributed by atoms with Crippen LogP contribution in [0.3, 0.4) is 0 Å². The number of benzene rings is 2. The molecule has 2 aromatic carbocycles. The molecule has 122 valence electrons. The first-order valence-electron chi connectivity index (χ1n) is 7.39. The van der Waals surface area contributed by atoms with Gasteiger partial charge in [0.1, 0.15) is 5.75 Å². The number of carbonyl (C=O) groups excluding carboxylic acids is 1. The maximum atomic E-state index is 11.9. The molecule has 3 nitrogen and oxygen atoms in total. The molecule has 0 spiro atoms. The fraction of sp³-hybridized carbons (Fsp3) is 0.278. The van der Waals surface area contributed by atoms with Crippen LogP contribution in [0.1, 0.15) is 30.9 Å². The number of hydrogen-bond donors (Lipinski definition) is 1. The molecule has 0 aliphatic carbocycles. The van der Waals surface area contributed by atoms with Gasteiger partial charge in [0.25, 0.3) is 5.91 Å². The Labute approximate surface area is 150 Å². The molecule has 0 atom stereocenters. The van der Waals surface area contributed by atoms with Gasteiger partial charge in [-0.05, 0) is 51.2 Å². The van der Waals surface area contributed by atoms with Gasteiger partial charge in [-0.3, -0.25) is 4.79 Å². The van der Waals surface area contributed by atoms with E-state index in [-0.39, 0.29) is 12.5 Å². The lowest BCUT2D eigenvalue weighted by Crippen LogP contribution is -2.28. The molecule has 0 radical (unpaired) electrons. The molecule has 0 heterocycles. The molecule has 1 N–H and O–H groups in total. The fourth-order valence-corrected chi connectivity index (χ4v) is 2.74. The van der Waals surface area contributed by atoms with Gasteiger partial charge >= 0.3 is 0 Å². The zero-order valence-corrected chi connectivity index (χ0v) is 15.4. The summed E-state index contributed by atoms with van der Waals surface area (Å²) in [6.45, 7) is 4.61. The normalized spacial score (nSPS) is 10.7. The second kappa shape index (κ2) is 8.37. The Balaban J connectivity index is 1.86. The Morgan fingerprint density at radius 3 is 2.65 bits per heavy atom. The minimum absolute atomic E-state index is 0.0376. The molecule has 0 aromatic heterocycles. The smallest absolute Gasteiger partial charge is 0.258 e. The van der Waals surface area contributed by atoms with Gasteiger partial charge in [-0.1, -0.05) is 49.7 Å². The lowest BCUT2D eigenvalue weighted by Gasteiger charge is -2.12. The average Bonchev–Trinajstić information content (AvgIpc) is 2.52. The van der Waals surface area contributed by atoms with Crippen LogP contribution in [0.5, 0.6) is 5.75 Å². The maximum absolute atomic E-state index is 11.9. The van der Waals surface area contributed by atoms with Gasteiger partial charge in [0.15, 0.2) is 6.61 Å². The van der Waals surface area contributed by atoms with Crippen LogP contribution >= 0.6 is 27.5 Å². The van der Waals surface area contributed by atoms with Crippen molar-refractivity contribution >= 4 is 33.4 Å². The molecule has 2 rings (SSSR count). The molecule has 0 fully saturated rings. The Bertz CT molecular complexity index is 688. The number of hydrogen-bond acceptors (Lipinski definition) is 2. The molecule has 1 amide bonds. The quantitative estimate of drug-likeness (QED) is 0.752. The molecular weight excluding hydrogens is 378 g/mol. The molecule has 2 aromatic rings. The van der Waals surface area contributed by atoms with Crippen LogP contribution in [0.2, 0.25) is 5.02 Å². The summed E-state index contributed by atoms with van der Waals surface area (Å²) in [6, 6.07) is 13.3. The molecule has 0 aliphatic heterocycles. The van der Waals surface area contributed by atoms with E-state index in [1.54, 1.807) is 6.07 Å². The van der Waals surface area contributed by atoms with Crippen LogP contribution in [0.4, 0.5) is 0 Å². The van der Waals surface area contributed by atoms with E-state index in [1.165, 1.54) is 5.56 Å². The number of amides is 1. The number of nitrogens with one attached hydrogen (secondary N) is 1. The molecule has 0 bridgehead atoms. The molecule has 0 aliphatic rings. The number of halogens is 2. The predicted octanol–water partition coefficient (Wildman–Crippen LogP) is 4.92. The predicted molar refractivity (Wildman–Crippen MR) is 97.0 cm³/mol. The second-order valence-corrected chi connectivity index (χ2v) is 6.76. The molecule has 0 unspecified atom stereocenters. The van der Waals surface area contributed by atoms with Crippen molar-refractivity contribution in [3.8, 4) is 5.75 Å². The van der Waals surface area contributed by atoms with Crippen LogP contribution in [-0.4, -0.2) is 12.5 Å². The second-order valence-electron chi connectivity index (χ2n) is 5.50. The summed E-state index contributed by atoms with van der Waals surface area (Å²) in [5.74, 6) is 0.909. The SMILES string of the molecule is CC(C)c1ccc(OCC(=O)NCc2ccccc2Cl)c(Br)c1. The number of ether oxygens (including phenoxy) is 1. The van der Waals surface area contributed by atoms with Gasteiger partial charge in [-0.25, -0.2) is 0 Å². The highest BCUT2D eigenvalue weighted by atomic mass is 79.9. The summed E-state index contributed by atoms with van der Waals surface area (Å²) in [4.78, 5) is 11.9. The van der Waals surface area contributed by atoms with Crippen molar-refractivity contribution in [1.29, 1.82) is 0 Å². The van der Waals surface area contributed by atoms with Crippen LogP contribution in [0, 0.1) is 0 Å². The third-order valence-corrected chi connectivity index (χ3v) is 4.40. The van der Waals surface area contributed by atoms with Crippen molar-refractivity contribution in [2.45, 2.75) is 26.3 Å². The number of carbonyl (C=O) groups is 1. The van der Waals surface area contributed by atoms with Gasteiger partial charge in [0.05, 0.1) is 4.47 Å². The lowest BCUT2D eigenvalue weighted by atomic mass is 10.0. The van der Waals surface area contributed by atoms with E-state index in [4.69, 9.17) is 16.3 Å². The van der Waals surface area contributed by atoms with Crippen LogP contribution in [-0.2, 0) is 11.3 Å². The highest BCUT2D eigenvalue weighted by molar-refractivity contribution is 9.10. The first kappa shape index (κ1) is 17.8. The summed E-state index contributed by atoms with van der Waals surface area (Å²) in [5, 5.41) is 3.43. The third-order valence-electron chi connectivity index (χ3n) is 3.42. The van der Waals surface area contributed by atoms with Crippen molar-refractivity contribution in [1.82, 2.24) is 5.32 Å². The molecule has 23 heavy (non-hydrogen) atoms. The number of rotatable bonds is 6. The van der Waals surface area contributed by atoms with E-state index in [0.29, 0.717) is 23.2 Å². The van der Waals surface area contributed by atoms with E-state index >= 15 is 0 Å². The topological polar surface area (TPSA) is 38.3 Å². The van der Waals surface area contributed by atoms with E-state index in [1.807, 2.05) is 36.4 Å². The molecule has 0 saturated carbocycles. The Kier molecular flexibility index (Phi) is 6.48. The summed E-state index contributed by atoms with van der Waals surface area (Å²) in [5.41, 5.74) is 2.09. The van der Waals surface area contributed by atoms with Gasteiger partial charge in [0, 0.05) is 11.6 Å². The molecule has 0 saturated heterocycles. The first-order chi connectivity index (χ1) is 11.0. The van der Waals surface area contributed by atoms with Crippen molar-refractivity contribution in [2.75, 3.05) is 6.61 Å². The summed E-state index contributed by atoms with van der Waals surface area (Å²) >= 11 is 9.53. The van der Waals surface area contributed by atoms with E-state index < -0.39 is 0 Å². The average molecular weight is 397 g/mol. The summed E-state index contributed by atoms with van der Waals surface area (Å²) in [7, 11) is 0. The fourth-order valence-electron chi connectivity index (χ4n) is 2.02. The highest BCUT2D eigenvalue weighted by Gasteiger charge is 2.08. The standard InChI is InChI=1S/C18H19BrClNO2/c1-12(2)13-7-8-17(15(19)9-13)23-11-18(22)21-10-14-5-3-4-6-16(14)20/h3-9,12H,10-11H2,1-2H3,(H,21,22). The lowest BCUT2D eigenvalue weighted by molar-refractivity contribution is -0.123. The van der Waals surface area contributed by atoms with Gasteiger partial charge in [0.2, 0.25) is 0 Å². The van der Waals surface area contributed by atoms with E-state index in [2.05, 4.69) is 35.1 Å². The Morgan fingerprint density at radius 2 is 2.00 bits per heavy atom. The van der Waals surface area contributed by atoms with Crippen LogP contribution in [0.25, 0.3) is 0 Å². The van der Waals surface area contributed by atoms with Crippen molar-refractivity contribution in [3.63, 3.8) is 0 Å². The highest BCUT2D eigenvalue weighted by Crippen LogP contribution is 2.28. The summed E-state index contributed by atoms with van der Waals surface area (Å²) in [6.07, 6.45) is 0. The van der Waals surface area contributed by atoms with Crippen LogP contribution < -0.4 is 10.1 Å². The molecule has 5 heteroatoms. The minimum atomic E-state index is -0.190. The van der Waals surface area contributed by atoms with Crippen molar-refractivity contribution in [3.05, 3.63) is 63.1 Å². The van der Waals surface area contributed by atoms with E-state index in [0.717, 1.165) is 10.0 Å². The molecular formula is C18H19BrClNO2. The van der Waals surface area contributed by atoms with Crippen molar-refractivity contribution < 1.29 is 9.53 Å². The Morgan fingerprint density at radius 1 is 1.26 bits per heavy atom. The van der Waals surface area contributed by atoms with Gasteiger partial charge in [-0.2, -0.15) is 0 Å². The monoisotopic (exact) mass is 395 g/mol. The largest absolute Gasteiger partial charge is 0.483 e. The van der Waals surface area contributed by atoms with E-state index in [9.17, 15) is 4.79 Å². The third kappa shape index (κ3) is 5.26. The summed E-state index contributed by atoms with van der Waals surface area (Å²) < 4.78 is 6.41. The Hall–Kier alpha value is -1.52. The van der Waals surface area contributed by atoms with Crippen molar-refractivity contribution in [2.24, 2.45) is 0 Å². The maximum Gasteiger partial charge on any atom is 0.258 e. The minimum Gasteiger partial charge on any atom is -0.483 e. The van der Waals surface area contributed by atoms with Crippen LogP contribution in [0.15, 0.2) is 46.9 Å². The zero-order valence-electron chi connectivity index (χ0n) is 13.1.